The number of hydrogen-bond acceptors (Lipinski definition) is 1. The van der Waals surface area contributed by atoms with Crippen LogP contribution in [0.25, 0.3) is 0 Å². The summed E-state index contributed by atoms with van der Waals surface area (Å²) in [4.78, 5) is 10.3. The molecule has 12 heavy (non-hydrogen) atoms. The highest BCUT2D eigenvalue weighted by molar-refractivity contribution is 6.31. The Morgan fingerprint density at radius 1 is 1.42 bits per heavy atom. The normalized spacial score (nSPS) is 10.8. The molecule has 0 aromatic carbocycles. The van der Waals surface area contributed by atoms with Crippen molar-refractivity contribution in [2.24, 2.45) is 0 Å². The van der Waals surface area contributed by atoms with Crippen molar-refractivity contribution in [1.82, 2.24) is 0 Å². The summed E-state index contributed by atoms with van der Waals surface area (Å²) >= 11 is 5.68. The second-order valence-electron chi connectivity index (χ2n) is 2.58. The van der Waals surface area contributed by atoms with Crippen molar-refractivity contribution in [3.05, 3.63) is 34.9 Å². The van der Waals surface area contributed by atoms with Gasteiger partial charge in [0.1, 0.15) is 0 Å². The van der Waals surface area contributed by atoms with Crippen molar-refractivity contribution in [2.45, 2.75) is 13.8 Å². The third kappa shape index (κ3) is 4.74. The van der Waals surface area contributed by atoms with E-state index in [2.05, 4.69) is 6.58 Å². The van der Waals surface area contributed by atoms with Crippen molar-refractivity contribution >= 4 is 17.6 Å². The molecule has 3 heteroatoms. The van der Waals surface area contributed by atoms with Crippen molar-refractivity contribution < 1.29 is 9.90 Å². The lowest BCUT2D eigenvalue weighted by molar-refractivity contribution is -0.132. The van der Waals surface area contributed by atoms with Gasteiger partial charge in [-0.1, -0.05) is 23.8 Å². The van der Waals surface area contributed by atoms with Crippen LogP contribution in [0.5, 0.6) is 0 Å². The van der Waals surface area contributed by atoms with Crippen LogP contribution in [-0.4, -0.2) is 11.1 Å². The van der Waals surface area contributed by atoms with Crippen LogP contribution < -0.4 is 0 Å². The minimum atomic E-state index is -1.06. The fourth-order valence-electron chi connectivity index (χ4n) is 0.546. The third-order valence-corrected chi connectivity index (χ3v) is 1.23. The molecular weight excluding hydrogens is 176 g/mol. The number of hydrogen-bond donors (Lipinski definition) is 1. The predicted molar refractivity (Wildman–Crippen MR) is 50.1 cm³/mol. The first-order valence-corrected chi connectivity index (χ1v) is 3.75. The van der Waals surface area contributed by atoms with E-state index in [1.807, 2.05) is 13.8 Å². The number of carboxylic acids is 1. The van der Waals surface area contributed by atoms with Gasteiger partial charge in [0.15, 0.2) is 0 Å². The molecule has 0 aliphatic rings. The fraction of sp³-hybridized carbons (Fsp3) is 0.222. The summed E-state index contributed by atoms with van der Waals surface area (Å²) in [6.07, 6.45) is 2.99. The van der Waals surface area contributed by atoms with Gasteiger partial charge in [0.2, 0.25) is 0 Å². The van der Waals surface area contributed by atoms with Gasteiger partial charge in [-0.15, -0.1) is 0 Å². The summed E-state index contributed by atoms with van der Waals surface area (Å²) in [6, 6.07) is 0. The highest BCUT2D eigenvalue weighted by Gasteiger charge is 1.99. The second-order valence-corrected chi connectivity index (χ2v) is 3.02. The molecule has 0 heterocycles. The van der Waals surface area contributed by atoms with Gasteiger partial charge >= 0.3 is 5.97 Å². The molecule has 0 aliphatic carbocycles. The molecule has 2 nitrogen and oxygen atoms in total. The minimum absolute atomic E-state index is 0.0162. The predicted octanol–water partition coefficient (Wildman–Crippen LogP) is 2.72. The third-order valence-electron chi connectivity index (χ3n) is 1.01. The maximum absolute atomic E-state index is 10.3. The Bertz CT molecular complexity index is 258. The standard InChI is InChI=1S/C9H11ClO2/c1-6(2)4-8(10)5-7(3)9(11)12/h4-5H,3H2,1-2H3,(H,11,12)/b8-5+. The van der Waals surface area contributed by atoms with E-state index in [4.69, 9.17) is 16.7 Å². The average Bonchev–Trinajstić information content (AvgIpc) is 1.84. The molecule has 0 fully saturated rings. The first kappa shape index (κ1) is 11.0. The molecule has 0 aromatic heterocycles. The number of rotatable bonds is 3. The second kappa shape index (κ2) is 4.78. The summed E-state index contributed by atoms with van der Waals surface area (Å²) in [5.74, 6) is -1.06. The molecule has 0 rings (SSSR count). The van der Waals surface area contributed by atoms with Crippen LogP contribution in [0.1, 0.15) is 13.8 Å². The van der Waals surface area contributed by atoms with Crippen molar-refractivity contribution in [3.63, 3.8) is 0 Å². The molecular formula is C9H11ClO2. The Morgan fingerprint density at radius 3 is 2.25 bits per heavy atom. The molecule has 0 amide bonds. The molecule has 0 aliphatic heterocycles. The van der Waals surface area contributed by atoms with Crippen LogP contribution in [-0.2, 0) is 4.79 Å². The summed E-state index contributed by atoms with van der Waals surface area (Å²) < 4.78 is 0. The van der Waals surface area contributed by atoms with Gasteiger partial charge in [-0.25, -0.2) is 4.79 Å². The van der Waals surface area contributed by atoms with Crippen molar-refractivity contribution in [3.8, 4) is 0 Å². The molecule has 0 atom stereocenters. The van der Waals surface area contributed by atoms with Gasteiger partial charge in [-0.05, 0) is 26.0 Å². The lowest BCUT2D eigenvalue weighted by Gasteiger charge is -1.92. The number of carbonyl (C=O) groups is 1. The zero-order valence-corrected chi connectivity index (χ0v) is 7.85. The summed E-state index contributed by atoms with van der Waals surface area (Å²) in [5.41, 5.74) is 0.993. The highest BCUT2D eigenvalue weighted by Crippen LogP contribution is 2.09. The zero-order chi connectivity index (χ0) is 9.72. The lowest BCUT2D eigenvalue weighted by Crippen LogP contribution is -1.95. The van der Waals surface area contributed by atoms with E-state index in [1.54, 1.807) is 6.08 Å². The van der Waals surface area contributed by atoms with Gasteiger partial charge in [-0.2, -0.15) is 0 Å². The van der Waals surface area contributed by atoms with Crippen molar-refractivity contribution in [1.29, 1.82) is 0 Å². The minimum Gasteiger partial charge on any atom is -0.478 e. The van der Waals surface area contributed by atoms with Gasteiger partial charge in [0, 0.05) is 5.03 Å². The smallest absolute Gasteiger partial charge is 0.335 e. The van der Waals surface area contributed by atoms with Gasteiger partial charge in [0.25, 0.3) is 0 Å². The molecule has 0 bridgehead atoms. The quantitative estimate of drug-likeness (QED) is 0.544. The van der Waals surface area contributed by atoms with E-state index in [-0.39, 0.29) is 5.57 Å². The van der Waals surface area contributed by atoms with E-state index < -0.39 is 5.97 Å². The number of allylic oxidation sites excluding steroid dienone is 3. The first-order valence-electron chi connectivity index (χ1n) is 3.37. The SMILES string of the molecule is C=C(/C=C(/Cl)C=C(C)C)C(=O)O. The summed E-state index contributed by atoms with van der Waals surface area (Å²) in [6.45, 7) is 7.06. The molecule has 1 N–H and O–H groups in total. The van der Waals surface area contributed by atoms with Crippen LogP contribution in [0.3, 0.4) is 0 Å². The average molecular weight is 187 g/mol. The Morgan fingerprint density at radius 2 is 1.92 bits per heavy atom. The Labute approximate surface area is 76.8 Å². The van der Waals surface area contributed by atoms with Gasteiger partial charge in [0.05, 0.1) is 5.57 Å². The highest BCUT2D eigenvalue weighted by atomic mass is 35.5. The molecule has 0 radical (unpaired) electrons. The molecule has 0 saturated heterocycles. The van der Waals surface area contributed by atoms with E-state index in [0.717, 1.165) is 5.57 Å². The zero-order valence-electron chi connectivity index (χ0n) is 7.10. The Kier molecular flexibility index (Phi) is 4.37. The van der Waals surface area contributed by atoms with E-state index >= 15 is 0 Å². The fourth-order valence-corrected chi connectivity index (χ4v) is 0.896. The van der Waals surface area contributed by atoms with E-state index in [0.29, 0.717) is 5.03 Å². The van der Waals surface area contributed by atoms with Gasteiger partial charge in [-0.3, -0.25) is 0 Å². The van der Waals surface area contributed by atoms with Crippen molar-refractivity contribution in [2.75, 3.05) is 0 Å². The molecule has 0 saturated carbocycles. The van der Waals surface area contributed by atoms with Gasteiger partial charge < -0.3 is 5.11 Å². The summed E-state index contributed by atoms with van der Waals surface area (Å²) in [5, 5.41) is 8.82. The number of halogens is 1. The van der Waals surface area contributed by atoms with Crippen LogP contribution in [0.2, 0.25) is 0 Å². The van der Waals surface area contributed by atoms with E-state index in [1.165, 1.54) is 6.08 Å². The molecule has 0 unspecified atom stereocenters. The lowest BCUT2D eigenvalue weighted by atomic mass is 10.2. The van der Waals surface area contributed by atoms with E-state index in [9.17, 15) is 4.79 Å². The monoisotopic (exact) mass is 186 g/mol. The van der Waals surface area contributed by atoms with Crippen LogP contribution >= 0.6 is 11.6 Å². The van der Waals surface area contributed by atoms with Crippen LogP contribution in [0, 0.1) is 0 Å². The Balaban J connectivity index is 4.48. The van der Waals surface area contributed by atoms with Crippen LogP contribution in [0.4, 0.5) is 0 Å². The molecule has 0 spiro atoms. The first-order chi connectivity index (χ1) is 5.43. The van der Waals surface area contributed by atoms with Crippen LogP contribution in [0.15, 0.2) is 34.9 Å². The largest absolute Gasteiger partial charge is 0.478 e. The molecule has 0 aromatic rings. The summed E-state index contributed by atoms with van der Waals surface area (Å²) in [7, 11) is 0. The molecule has 66 valence electrons. The number of aliphatic carboxylic acids is 1. The Hall–Kier alpha value is -1.02. The maximum atomic E-state index is 10.3. The maximum Gasteiger partial charge on any atom is 0.335 e. The topological polar surface area (TPSA) is 37.3 Å². The number of carboxylic acid groups (broad SMARTS) is 1.